The molecule has 0 aliphatic rings. The van der Waals surface area contributed by atoms with Crippen molar-refractivity contribution in [1.82, 2.24) is 0 Å². The predicted octanol–water partition coefficient (Wildman–Crippen LogP) is 5.70. The van der Waals surface area contributed by atoms with Gasteiger partial charge in [0.2, 0.25) is 0 Å². The van der Waals surface area contributed by atoms with Crippen LogP contribution < -0.4 is 10.6 Å². The molecule has 0 heterocycles. The summed E-state index contributed by atoms with van der Waals surface area (Å²) >= 11 is 6.17. The van der Waals surface area contributed by atoms with Gasteiger partial charge < -0.3 is 10.6 Å². The average molecular weight is 341 g/mol. The first-order valence-corrected chi connectivity index (χ1v) is 8.14. The van der Waals surface area contributed by atoms with Gasteiger partial charge in [-0.15, -0.1) is 0 Å². The first kappa shape index (κ1) is 16.3. The minimum absolute atomic E-state index is 0.218. The molecule has 0 radical (unpaired) electrons. The Morgan fingerprint density at radius 1 is 0.750 bits per heavy atom. The van der Waals surface area contributed by atoms with Gasteiger partial charge in [-0.25, -0.2) is 4.39 Å². The van der Waals surface area contributed by atoms with E-state index in [0.717, 1.165) is 27.5 Å². The largest absolute Gasteiger partial charge is 0.381 e. The SMILES string of the molecule is Fc1cccc(CNc2cccc(NCc3ccccc3Cl)c2)c1. The average Bonchev–Trinajstić information content (AvgIpc) is 2.60. The summed E-state index contributed by atoms with van der Waals surface area (Å²) in [6.07, 6.45) is 0. The molecule has 0 unspecified atom stereocenters. The van der Waals surface area contributed by atoms with Crippen LogP contribution in [0.1, 0.15) is 11.1 Å². The van der Waals surface area contributed by atoms with Crippen LogP contribution >= 0.6 is 11.6 Å². The van der Waals surface area contributed by atoms with E-state index in [2.05, 4.69) is 10.6 Å². The minimum atomic E-state index is -0.218. The Hall–Kier alpha value is -2.52. The number of rotatable bonds is 6. The van der Waals surface area contributed by atoms with Crippen LogP contribution in [0.25, 0.3) is 0 Å². The molecule has 3 aromatic carbocycles. The normalized spacial score (nSPS) is 10.4. The van der Waals surface area contributed by atoms with Crippen molar-refractivity contribution in [1.29, 1.82) is 0 Å². The Kier molecular flexibility index (Phi) is 5.34. The summed E-state index contributed by atoms with van der Waals surface area (Å²) in [5, 5.41) is 7.43. The van der Waals surface area contributed by atoms with Crippen LogP contribution in [0.3, 0.4) is 0 Å². The third kappa shape index (κ3) is 4.49. The van der Waals surface area contributed by atoms with Gasteiger partial charge in [0.25, 0.3) is 0 Å². The van der Waals surface area contributed by atoms with Crippen molar-refractivity contribution < 1.29 is 4.39 Å². The smallest absolute Gasteiger partial charge is 0.123 e. The van der Waals surface area contributed by atoms with Crippen LogP contribution in [0.15, 0.2) is 72.8 Å². The summed E-state index contributed by atoms with van der Waals surface area (Å²) < 4.78 is 13.2. The topological polar surface area (TPSA) is 24.1 Å². The van der Waals surface area contributed by atoms with Crippen molar-refractivity contribution in [3.8, 4) is 0 Å². The van der Waals surface area contributed by atoms with Crippen molar-refractivity contribution in [2.75, 3.05) is 10.6 Å². The van der Waals surface area contributed by atoms with Crippen molar-refractivity contribution in [3.05, 3.63) is 94.8 Å². The van der Waals surface area contributed by atoms with Crippen molar-refractivity contribution in [2.45, 2.75) is 13.1 Å². The quantitative estimate of drug-likeness (QED) is 0.601. The molecule has 0 spiro atoms. The molecule has 0 fully saturated rings. The highest BCUT2D eigenvalue weighted by Gasteiger charge is 2.01. The van der Waals surface area contributed by atoms with E-state index in [0.29, 0.717) is 13.1 Å². The van der Waals surface area contributed by atoms with E-state index in [4.69, 9.17) is 11.6 Å². The number of benzene rings is 3. The molecule has 4 heteroatoms. The summed E-state index contributed by atoms with van der Waals surface area (Å²) in [6, 6.07) is 22.4. The van der Waals surface area contributed by atoms with Crippen molar-refractivity contribution in [3.63, 3.8) is 0 Å². The van der Waals surface area contributed by atoms with Crippen LogP contribution in [0.5, 0.6) is 0 Å². The Balaban J connectivity index is 1.60. The van der Waals surface area contributed by atoms with Crippen LogP contribution in [-0.4, -0.2) is 0 Å². The third-order valence-corrected chi connectivity index (χ3v) is 4.06. The zero-order valence-electron chi connectivity index (χ0n) is 13.1. The molecule has 0 atom stereocenters. The molecule has 0 aliphatic heterocycles. The molecular formula is C20H18ClFN2. The van der Waals surface area contributed by atoms with Gasteiger partial charge in [-0.2, -0.15) is 0 Å². The molecule has 2 nitrogen and oxygen atoms in total. The molecule has 0 saturated heterocycles. The molecule has 0 amide bonds. The second-order valence-electron chi connectivity index (χ2n) is 5.51. The monoisotopic (exact) mass is 340 g/mol. The fourth-order valence-electron chi connectivity index (χ4n) is 2.43. The number of halogens is 2. The summed E-state index contributed by atoms with van der Waals surface area (Å²) in [5.41, 5.74) is 3.93. The Bertz CT molecular complexity index is 820. The van der Waals surface area contributed by atoms with E-state index in [1.807, 2.05) is 54.6 Å². The lowest BCUT2D eigenvalue weighted by Gasteiger charge is -2.11. The van der Waals surface area contributed by atoms with Gasteiger partial charge in [0.15, 0.2) is 0 Å². The van der Waals surface area contributed by atoms with Crippen molar-refractivity contribution >= 4 is 23.0 Å². The molecule has 0 bridgehead atoms. The molecule has 3 aromatic rings. The standard InChI is InChI=1S/C20H18ClFN2/c21-20-10-2-1-6-16(20)14-24-19-9-4-8-18(12-19)23-13-15-5-3-7-17(22)11-15/h1-12,23-24H,13-14H2. The van der Waals surface area contributed by atoms with E-state index in [1.165, 1.54) is 12.1 Å². The van der Waals surface area contributed by atoms with Crippen LogP contribution in [0.4, 0.5) is 15.8 Å². The van der Waals surface area contributed by atoms with Crippen molar-refractivity contribution in [2.24, 2.45) is 0 Å². The zero-order chi connectivity index (χ0) is 16.8. The number of hydrogen-bond acceptors (Lipinski definition) is 2. The third-order valence-electron chi connectivity index (χ3n) is 3.69. The highest BCUT2D eigenvalue weighted by molar-refractivity contribution is 6.31. The zero-order valence-corrected chi connectivity index (χ0v) is 13.9. The molecule has 2 N–H and O–H groups in total. The number of hydrogen-bond donors (Lipinski definition) is 2. The highest BCUT2D eigenvalue weighted by atomic mass is 35.5. The first-order chi connectivity index (χ1) is 11.7. The second-order valence-corrected chi connectivity index (χ2v) is 5.92. The van der Waals surface area contributed by atoms with Gasteiger partial charge in [-0.1, -0.05) is 48.0 Å². The van der Waals surface area contributed by atoms with Crippen LogP contribution in [0.2, 0.25) is 5.02 Å². The molecular weight excluding hydrogens is 323 g/mol. The lowest BCUT2D eigenvalue weighted by atomic mass is 10.2. The van der Waals surface area contributed by atoms with E-state index in [-0.39, 0.29) is 5.82 Å². The number of nitrogens with one attached hydrogen (secondary N) is 2. The van der Waals surface area contributed by atoms with Gasteiger partial charge in [0, 0.05) is 29.5 Å². The van der Waals surface area contributed by atoms with E-state index in [9.17, 15) is 4.39 Å². The lowest BCUT2D eigenvalue weighted by Crippen LogP contribution is -2.02. The van der Waals surface area contributed by atoms with Gasteiger partial charge in [0.1, 0.15) is 5.82 Å². The van der Waals surface area contributed by atoms with E-state index >= 15 is 0 Å². The molecule has 24 heavy (non-hydrogen) atoms. The Morgan fingerprint density at radius 3 is 2.21 bits per heavy atom. The highest BCUT2D eigenvalue weighted by Crippen LogP contribution is 2.20. The summed E-state index contributed by atoms with van der Waals surface area (Å²) in [5.74, 6) is -0.218. The van der Waals surface area contributed by atoms with Crippen LogP contribution in [-0.2, 0) is 13.1 Å². The Morgan fingerprint density at radius 2 is 1.46 bits per heavy atom. The summed E-state index contributed by atoms with van der Waals surface area (Å²) in [4.78, 5) is 0. The van der Waals surface area contributed by atoms with Gasteiger partial charge in [-0.05, 0) is 47.5 Å². The fraction of sp³-hybridized carbons (Fsp3) is 0.100. The molecule has 3 rings (SSSR count). The first-order valence-electron chi connectivity index (χ1n) is 7.76. The maximum absolute atomic E-state index is 13.2. The van der Waals surface area contributed by atoms with Gasteiger partial charge in [-0.3, -0.25) is 0 Å². The maximum atomic E-state index is 13.2. The van der Waals surface area contributed by atoms with Gasteiger partial charge >= 0.3 is 0 Å². The molecule has 0 aromatic heterocycles. The van der Waals surface area contributed by atoms with E-state index in [1.54, 1.807) is 6.07 Å². The van der Waals surface area contributed by atoms with Gasteiger partial charge in [0.05, 0.1) is 0 Å². The Labute approximate surface area is 146 Å². The van der Waals surface area contributed by atoms with E-state index < -0.39 is 0 Å². The fourth-order valence-corrected chi connectivity index (χ4v) is 2.63. The summed E-state index contributed by atoms with van der Waals surface area (Å²) in [7, 11) is 0. The summed E-state index contributed by atoms with van der Waals surface area (Å²) in [6.45, 7) is 1.23. The molecule has 0 aliphatic carbocycles. The second kappa shape index (κ2) is 7.84. The molecule has 122 valence electrons. The van der Waals surface area contributed by atoms with Crippen LogP contribution in [0, 0.1) is 5.82 Å². The number of anilines is 2. The maximum Gasteiger partial charge on any atom is 0.123 e. The molecule has 0 saturated carbocycles. The predicted molar refractivity (Wildman–Crippen MR) is 98.9 cm³/mol. The minimum Gasteiger partial charge on any atom is -0.381 e. The lowest BCUT2D eigenvalue weighted by molar-refractivity contribution is 0.626.